The van der Waals surface area contributed by atoms with Gasteiger partial charge in [-0.05, 0) is 19.1 Å². The van der Waals surface area contributed by atoms with Gasteiger partial charge >= 0.3 is 32.7 Å². The Labute approximate surface area is 317 Å². The summed E-state index contributed by atoms with van der Waals surface area (Å²) in [6, 6.07) is 2.31. The molecule has 3 aromatic rings. The quantitative estimate of drug-likeness (QED) is 0.0735. The molecule has 3 aliphatic rings. The Morgan fingerprint density at radius 1 is 0.860 bits per heavy atom. The van der Waals surface area contributed by atoms with Crippen LogP contribution in [0.15, 0.2) is 49.9 Å². The molecule has 29 heteroatoms. The Balaban J connectivity index is 1.15. The van der Waals surface area contributed by atoms with Crippen LogP contribution in [0.3, 0.4) is 0 Å². The number of aliphatic hydroxyl groups is 3. The summed E-state index contributed by atoms with van der Waals surface area (Å²) in [4.78, 5) is 79.3. The number of alkyl halides is 1. The number of aromatic nitrogens is 6. The van der Waals surface area contributed by atoms with E-state index in [9.17, 15) is 53.4 Å². The van der Waals surface area contributed by atoms with Crippen LogP contribution < -0.4 is 34.1 Å². The molecular formula is C28H37FN8O18P2. The minimum atomic E-state index is -5.43. The summed E-state index contributed by atoms with van der Waals surface area (Å²) in [7, 11) is -10.7. The van der Waals surface area contributed by atoms with Crippen LogP contribution >= 0.6 is 15.6 Å². The Hall–Kier alpha value is -4.05. The average Bonchev–Trinajstić information content (AvgIpc) is 3.76. The van der Waals surface area contributed by atoms with Crippen LogP contribution in [0.2, 0.25) is 0 Å². The molecule has 26 nitrogen and oxygen atoms in total. The molecular weight excluding hydrogens is 817 g/mol. The van der Waals surface area contributed by atoms with Crippen molar-refractivity contribution in [3.63, 3.8) is 0 Å². The van der Waals surface area contributed by atoms with Gasteiger partial charge in [-0.2, -0.15) is 9.97 Å². The Morgan fingerprint density at radius 2 is 1.42 bits per heavy atom. The van der Waals surface area contributed by atoms with Crippen LogP contribution in [0.25, 0.3) is 0 Å². The number of hydrogen-bond donors (Lipinski definition) is 8. The molecule has 3 aliphatic heterocycles. The van der Waals surface area contributed by atoms with Crippen molar-refractivity contribution in [3.8, 4) is 0 Å². The number of aryl methyl sites for hydroxylation is 1. The molecule has 3 aromatic heterocycles. The van der Waals surface area contributed by atoms with Crippen molar-refractivity contribution < 1.29 is 70.9 Å². The molecule has 2 unspecified atom stereocenters. The molecule has 0 aliphatic carbocycles. The molecule has 3 saturated heterocycles. The van der Waals surface area contributed by atoms with Crippen molar-refractivity contribution in [2.75, 3.05) is 31.3 Å². The van der Waals surface area contributed by atoms with E-state index in [2.05, 4.69) is 15.0 Å². The first-order chi connectivity index (χ1) is 26.8. The summed E-state index contributed by atoms with van der Waals surface area (Å²) in [6.45, 7) is -1.46. The second kappa shape index (κ2) is 16.7. The maximum Gasteiger partial charge on any atom is 0.472 e. The van der Waals surface area contributed by atoms with Gasteiger partial charge in [-0.3, -0.25) is 41.6 Å². The van der Waals surface area contributed by atoms with Crippen molar-refractivity contribution in [1.82, 2.24) is 28.7 Å². The Bertz CT molecular complexity index is 2290. The van der Waals surface area contributed by atoms with E-state index in [1.165, 1.54) is 19.2 Å². The zero-order valence-electron chi connectivity index (χ0n) is 29.3. The van der Waals surface area contributed by atoms with Crippen LogP contribution in [-0.2, 0) is 41.4 Å². The van der Waals surface area contributed by atoms with Gasteiger partial charge in [-0.1, -0.05) is 0 Å². The summed E-state index contributed by atoms with van der Waals surface area (Å²) < 4.78 is 81.7. The normalized spacial score (nSPS) is 32.3. The third kappa shape index (κ3) is 9.32. The number of anilines is 2. The molecule has 57 heavy (non-hydrogen) atoms. The van der Waals surface area contributed by atoms with E-state index in [-0.39, 0.29) is 23.6 Å². The minimum absolute atomic E-state index is 0.133. The number of phosphoric acid groups is 2. The summed E-state index contributed by atoms with van der Waals surface area (Å²) in [5.74, 6) is -0.391. The zero-order valence-corrected chi connectivity index (χ0v) is 31.1. The predicted octanol–water partition coefficient (Wildman–Crippen LogP) is -3.34. The second-order valence-electron chi connectivity index (χ2n) is 12.9. The second-order valence-corrected chi connectivity index (χ2v) is 15.7. The van der Waals surface area contributed by atoms with E-state index in [0.29, 0.717) is 4.57 Å². The highest BCUT2D eigenvalue weighted by Crippen LogP contribution is 2.52. The summed E-state index contributed by atoms with van der Waals surface area (Å²) >= 11 is 0. The van der Waals surface area contributed by atoms with Crippen molar-refractivity contribution in [1.29, 1.82) is 0 Å². The highest BCUT2D eigenvalue weighted by Gasteiger charge is 2.52. The number of nitrogen functional groups attached to an aromatic ring is 2. The SMILES string of the molecule is Cc1cn([C@H]2C[C@H](OP(=O)(O)OC[C@H]3O[C@@H](n4ccc(N)nc4=O)[C@H](F)[C@@H]3OP(=O)(O)OC[C@H]3O[C@@H](n4ccc(N)nc4=O)[C@H](O)[C@@H]3O)[C@@H](CO)O2)c(=O)[nH]c1=O. The topological polar surface area (TPSA) is 377 Å². The first kappa shape index (κ1) is 42.6. The molecule has 6 heterocycles. The first-order valence-electron chi connectivity index (χ1n) is 16.7. The fraction of sp³-hybridized carbons (Fsp3) is 0.571. The van der Waals surface area contributed by atoms with Crippen molar-refractivity contribution >= 4 is 27.3 Å². The maximum absolute atomic E-state index is 16.1. The standard InChI is InChI=1S/C28H37FN8O18P2/c1-11-7-37(28(44)34-23(11)41)18-6-12(13(8-38)51-18)54-56(45,46)50-10-15-22(19(29)24(53-15)35-4-2-16(30)32-26(35)42)55-57(47,48)49-9-14-20(39)21(40)25(52-14)36-5-3-17(31)33-27(36)43/h2-5,7,12-15,18-22,24-25,38-40H,6,8-10H2,1H3,(H,45,46)(H,47,48)(H2,30,32,42)(H2,31,33,43)(H,34,41,44)/t12-,13+,14+,15+,18+,19+,20+,21+,22+,24+,25+/m0/s1. The molecule has 314 valence electrons. The lowest BCUT2D eigenvalue weighted by Crippen LogP contribution is -2.37. The third-order valence-electron chi connectivity index (χ3n) is 9.00. The smallest absolute Gasteiger partial charge is 0.394 e. The number of halogens is 1. The van der Waals surface area contributed by atoms with E-state index < -0.39 is 126 Å². The molecule has 6 rings (SSSR count). The van der Waals surface area contributed by atoms with Crippen molar-refractivity contribution in [3.05, 3.63) is 78.1 Å². The zero-order chi connectivity index (χ0) is 41.6. The molecule has 0 bridgehead atoms. The lowest BCUT2D eigenvalue weighted by atomic mass is 10.1. The monoisotopic (exact) mass is 854 g/mol. The van der Waals surface area contributed by atoms with Gasteiger partial charge in [-0.25, -0.2) is 27.9 Å². The van der Waals surface area contributed by atoms with Crippen LogP contribution in [0.5, 0.6) is 0 Å². The number of phosphoric ester groups is 2. The highest BCUT2D eigenvalue weighted by atomic mass is 31.2. The Kier molecular flexibility index (Phi) is 12.4. The molecule has 0 radical (unpaired) electrons. The number of nitrogens with one attached hydrogen (secondary N) is 1. The van der Waals surface area contributed by atoms with Gasteiger partial charge in [-0.15, -0.1) is 0 Å². The number of aromatic amines is 1. The average molecular weight is 855 g/mol. The van der Waals surface area contributed by atoms with Gasteiger partial charge in [0.05, 0.1) is 19.8 Å². The van der Waals surface area contributed by atoms with Gasteiger partial charge in [0.25, 0.3) is 5.56 Å². The van der Waals surface area contributed by atoms with Crippen LogP contribution in [0.1, 0.15) is 30.7 Å². The van der Waals surface area contributed by atoms with E-state index in [1.807, 2.05) is 0 Å². The van der Waals surface area contributed by atoms with E-state index in [0.717, 1.165) is 27.6 Å². The molecule has 0 amide bonds. The number of nitrogens with zero attached hydrogens (tertiary/aromatic N) is 5. The van der Waals surface area contributed by atoms with E-state index in [1.54, 1.807) is 0 Å². The predicted molar refractivity (Wildman–Crippen MR) is 184 cm³/mol. The lowest BCUT2D eigenvalue weighted by molar-refractivity contribution is -0.0640. The lowest BCUT2D eigenvalue weighted by Gasteiger charge is -2.24. The van der Waals surface area contributed by atoms with Gasteiger partial charge in [0.2, 0.25) is 0 Å². The molecule has 10 N–H and O–H groups in total. The summed E-state index contributed by atoms with van der Waals surface area (Å²) in [5.41, 5.74) is 7.50. The van der Waals surface area contributed by atoms with Crippen LogP contribution in [0, 0.1) is 6.92 Å². The molecule has 0 aromatic carbocycles. The molecule has 0 spiro atoms. The van der Waals surface area contributed by atoms with Crippen molar-refractivity contribution in [2.24, 2.45) is 0 Å². The molecule has 13 atom stereocenters. The van der Waals surface area contributed by atoms with E-state index in [4.69, 9.17) is 43.8 Å². The van der Waals surface area contributed by atoms with Gasteiger partial charge < -0.3 is 50.8 Å². The summed E-state index contributed by atoms with van der Waals surface area (Å²) in [5, 5.41) is 30.8. The fourth-order valence-electron chi connectivity index (χ4n) is 6.18. The molecule has 3 fully saturated rings. The van der Waals surface area contributed by atoms with Gasteiger partial charge in [0.1, 0.15) is 60.6 Å². The number of aliphatic hydroxyl groups excluding tert-OH is 3. The summed E-state index contributed by atoms with van der Waals surface area (Å²) in [6.07, 6.45) is -16.1. The highest BCUT2D eigenvalue weighted by molar-refractivity contribution is 7.47. The Morgan fingerprint density at radius 3 is 2.02 bits per heavy atom. The number of rotatable bonds is 14. The third-order valence-corrected chi connectivity index (χ3v) is 11.0. The first-order valence-corrected chi connectivity index (χ1v) is 19.7. The van der Waals surface area contributed by atoms with Crippen LogP contribution in [-0.4, -0.2) is 122 Å². The number of nitrogens with two attached hydrogens (primary N) is 2. The number of hydrogen-bond acceptors (Lipinski definition) is 20. The van der Waals surface area contributed by atoms with Crippen LogP contribution in [0.4, 0.5) is 16.0 Å². The van der Waals surface area contributed by atoms with Gasteiger partial charge in [0, 0.05) is 30.6 Å². The largest absolute Gasteiger partial charge is 0.472 e. The van der Waals surface area contributed by atoms with Gasteiger partial charge in [0.15, 0.2) is 18.6 Å². The number of ether oxygens (including phenoxy) is 3. The molecule has 0 saturated carbocycles. The minimum Gasteiger partial charge on any atom is -0.394 e. The van der Waals surface area contributed by atoms with E-state index >= 15 is 4.39 Å². The number of H-pyrrole nitrogens is 1. The van der Waals surface area contributed by atoms with Crippen molar-refractivity contribution in [2.45, 2.75) is 80.9 Å². The fourth-order valence-corrected chi connectivity index (χ4v) is 8.10. The maximum atomic E-state index is 16.1.